The molecule has 9 heteroatoms. The number of nitrogens with zero attached hydrogens (tertiary/aromatic N) is 5. The quantitative estimate of drug-likeness (QED) is 0.599. The van der Waals surface area contributed by atoms with E-state index in [2.05, 4.69) is 15.1 Å². The molecule has 2 aromatic heterocycles. The number of para-hydroxylation sites is 1. The van der Waals surface area contributed by atoms with E-state index in [1.54, 1.807) is 18.7 Å². The van der Waals surface area contributed by atoms with Crippen LogP contribution in [0.2, 0.25) is 0 Å². The maximum atomic E-state index is 12.8. The Morgan fingerprint density at radius 1 is 1.10 bits per heavy atom. The number of methoxy groups -OCH3 is 2. The second-order valence-corrected chi connectivity index (χ2v) is 7.65. The van der Waals surface area contributed by atoms with Gasteiger partial charge in [-0.05, 0) is 32.0 Å². The van der Waals surface area contributed by atoms with Crippen LogP contribution in [0.25, 0.3) is 5.78 Å². The third kappa shape index (κ3) is 4.40. The van der Waals surface area contributed by atoms with Crippen LogP contribution in [-0.4, -0.2) is 63.8 Å². The van der Waals surface area contributed by atoms with Crippen LogP contribution in [0.3, 0.4) is 0 Å². The number of carbonyl (C=O) groups is 1. The molecule has 31 heavy (non-hydrogen) atoms. The number of aryl methyl sites for hydroxylation is 2. The Balaban J connectivity index is 1.37. The van der Waals surface area contributed by atoms with Crippen LogP contribution < -0.4 is 14.2 Å². The van der Waals surface area contributed by atoms with Gasteiger partial charge in [0.05, 0.1) is 20.6 Å². The van der Waals surface area contributed by atoms with Gasteiger partial charge < -0.3 is 19.1 Å². The summed E-state index contributed by atoms with van der Waals surface area (Å²) in [4.78, 5) is 23.4. The summed E-state index contributed by atoms with van der Waals surface area (Å²) in [6.07, 6.45) is 1.60. The Morgan fingerprint density at radius 2 is 1.77 bits per heavy atom. The van der Waals surface area contributed by atoms with Crippen LogP contribution in [0, 0.1) is 13.8 Å². The van der Waals surface area contributed by atoms with Crippen molar-refractivity contribution in [3.63, 3.8) is 0 Å². The van der Waals surface area contributed by atoms with Gasteiger partial charge in [0.15, 0.2) is 17.3 Å². The summed E-state index contributed by atoms with van der Waals surface area (Å²) >= 11 is 0. The number of likely N-dealkylation sites (tertiary alicyclic amines) is 1. The van der Waals surface area contributed by atoms with Crippen molar-refractivity contribution in [3.8, 4) is 17.2 Å². The first-order valence-electron chi connectivity index (χ1n) is 10.3. The fourth-order valence-corrected chi connectivity index (χ4v) is 3.85. The summed E-state index contributed by atoms with van der Waals surface area (Å²) in [5, 5.41) is 4.44. The number of aromatic nitrogens is 4. The monoisotopic (exact) mass is 425 g/mol. The molecule has 1 fully saturated rings. The number of hydrogen-bond acceptors (Lipinski definition) is 7. The van der Waals surface area contributed by atoms with Gasteiger partial charge in [-0.3, -0.25) is 4.79 Å². The number of ether oxygens (including phenoxy) is 3. The fourth-order valence-electron chi connectivity index (χ4n) is 3.85. The first kappa shape index (κ1) is 20.9. The highest BCUT2D eigenvalue weighted by molar-refractivity contribution is 5.78. The zero-order chi connectivity index (χ0) is 22.0. The summed E-state index contributed by atoms with van der Waals surface area (Å²) in [5.41, 5.74) is 1.82. The van der Waals surface area contributed by atoms with Crippen molar-refractivity contribution in [1.29, 1.82) is 0 Å². The van der Waals surface area contributed by atoms with Crippen LogP contribution in [0.5, 0.6) is 17.2 Å². The van der Waals surface area contributed by atoms with Crippen molar-refractivity contribution >= 4 is 11.7 Å². The highest BCUT2D eigenvalue weighted by atomic mass is 16.5. The van der Waals surface area contributed by atoms with E-state index < -0.39 is 0 Å². The standard InChI is InChI=1S/C22H27N5O4/c1-14-12-15(2)27-22(23-14)24-19(25-27)13-20(28)26-10-8-16(9-11-26)31-21-17(29-3)6-5-7-18(21)30-4/h5-7,12,16H,8-11,13H2,1-4H3. The lowest BCUT2D eigenvalue weighted by Crippen LogP contribution is -2.42. The van der Waals surface area contributed by atoms with E-state index in [9.17, 15) is 4.79 Å². The highest BCUT2D eigenvalue weighted by Gasteiger charge is 2.26. The average Bonchev–Trinajstić information content (AvgIpc) is 3.17. The highest BCUT2D eigenvalue weighted by Crippen LogP contribution is 2.38. The van der Waals surface area contributed by atoms with E-state index in [1.807, 2.05) is 43.0 Å². The number of hydrogen-bond donors (Lipinski definition) is 0. The van der Waals surface area contributed by atoms with E-state index in [0.29, 0.717) is 41.9 Å². The van der Waals surface area contributed by atoms with Crippen molar-refractivity contribution in [1.82, 2.24) is 24.5 Å². The number of rotatable bonds is 6. The molecule has 0 radical (unpaired) electrons. The van der Waals surface area contributed by atoms with Crippen LogP contribution in [0.15, 0.2) is 24.3 Å². The Hall–Kier alpha value is -3.36. The fraction of sp³-hybridized carbons (Fsp3) is 0.455. The van der Waals surface area contributed by atoms with Crippen molar-refractivity contribution in [2.75, 3.05) is 27.3 Å². The predicted molar refractivity (Wildman–Crippen MR) is 114 cm³/mol. The lowest BCUT2D eigenvalue weighted by atomic mass is 10.1. The van der Waals surface area contributed by atoms with Gasteiger partial charge in [-0.15, -0.1) is 5.10 Å². The molecule has 0 atom stereocenters. The van der Waals surface area contributed by atoms with Gasteiger partial charge in [-0.2, -0.15) is 4.98 Å². The van der Waals surface area contributed by atoms with Crippen LogP contribution in [0.1, 0.15) is 30.1 Å². The molecule has 0 unspecified atom stereocenters. The Bertz CT molecular complexity index is 1070. The summed E-state index contributed by atoms with van der Waals surface area (Å²) in [6.45, 7) is 5.10. The van der Waals surface area contributed by atoms with Crippen molar-refractivity contribution in [2.24, 2.45) is 0 Å². The maximum absolute atomic E-state index is 12.8. The molecule has 164 valence electrons. The van der Waals surface area contributed by atoms with E-state index in [-0.39, 0.29) is 18.4 Å². The molecule has 0 aliphatic carbocycles. The summed E-state index contributed by atoms with van der Waals surface area (Å²) < 4.78 is 18.7. The first-order chi connectivity index (χ1) is 15.0. The molecule has 9 nitrogen and oxygen atoms in total. The number of carbonyl (C=O) groups excluding carboxylic acids is 1. The summed E-state index contributed by atoms with van der Waals surface area (Å²) in [6, 6.07) is 7.49. The van der Waals surface area contributed by atoms with E-state index in [1.165, 1.54) is 0 Å². The van der Waals surface area contributed by atoms with Gasteiger partial charge in [0.2, 0.25) is 11.7 Å². The van der Waals surface area contributed by atoms with Crippen LogP contribution in [-0.2, 0) is 11.2 Å². The average molecular weight is 425 g/mol. The largest absolute Gasteiger partial charge is 0.493 e. The minimum absolute atomic E-state index is 0.0126. The Kier molecular flexibility index (Phi) is 5.92. The predicted octanol–water partition coefficient (Wildman–Crippen LogP) is 2.37. The molecule has 1 amide bonds. The SMILES string of the molecule is COc1cccc(OC)c1OC1CCN(C(=O)Cc2nc3nc(C)cc(C)n3n2)CC1. The number of fused-ring (bicyclic) bond motifs is 1. The zero-order valence-corrected chi connectivity index (χ0v) is 18.3. The van der Waals surface area contributed by atoms with Gasteiger partial charge in [-0.25, -0.2) is 9.50 Å². The van der Waals surface area contributed by atoms with E-state index in [0.717, 1.165) is 24.2 Å². The van der Waals surface area contributed by atoms with Crippen LogP contribution >= 0.6 is 0 Å². The number of amides is 1. The zero-order valence-electron chi connectivity index (χ0n) is 18.3. The lowest BCUT2D eigenvalue weighted by molar-refractivity contribution is -0.132. The van der Waals surface area contributed by atoms with E-state index in [4.69, 9.17) is 14.2 Å². The second kappa shape index (κ2) is 8.79. The molecule has 3 heterocycles. The smallest absolute Gasteiger partial charge is 0.252 e. The second-order valence-electron chi connectivity index (χ2n) is 7.65. The van der Waals surface area contributed by atoms with Gasteiger partial charge in [0, 0.05) is 37.3 Å². The molecule has 1 saturated heterocycles. The molecule has 1 aromatic carbocycles. The molecule has 1 aliphatic heterocycles. The first-order valence-corrected chi connectivity index (χ1v) is 10.3. The normalized spacial score (nSPS) is 14.6. The molecular weight excluding hydrogens is 398 g/mol. The molecule has 0 N–H and O–H groups in total. The van der Waals surface area contributed by atoms with Gasteiger partial charge in [0.1, 0.15) is 6.10 Å². The molecule has 0 saturated carbocycles. The summed E-state index contributed by atoms with van der Waals surface area (Å²) in [5.74, 6) is 2.90. The molecule has 4 rings (SSSR count). The minimum Gasteiger partial charge on any atom is -0.493 e. The molecule has 3 aromatic rings. The minimum atomic E-state index is -0.0163. The maximum Gasteiger partial charge on any atom is 0.252 e. The Morgan fingerprint density at radius 3 is 2.42 bits per heavy atom. The van der Waals surface area contributed by atoms with Crippen LogP contribution in [0.4, 0.5) is 0 Å². The van der Waals surface area contributed by atoms with Gasteiger partial charge in [0.25, 0.3) is 5.78 Å². The molecular formula is C22H27N5O4. The number of benzene rings is 1. The third-order valence-corrected chi connectivity index (χ3v) is 5.43. The van der Waals surface area contributed by atoms with Gasteiger partial charge >= 0.3 is 0 Å². The number of piperidine rings is 1. The van der Waals surface area contributed by atoms with E-state index >= 15 is 0 Å². The van der Waals surface area contributed by atoms with Crippen molar-refractivity contribution in [2.45, 2.75) is 39.2 Å². The van der Waals surface area contributed by atoms with Crippen molar-refractivity contribution in [3.05, 3.63) is 41.5 Å². The van der Waals surface area contributed by atoms with Crippen molar-refractivity contribution < 1.29 is 19.0 Å². The summed E-state index contributed by atoms with van der Waals surface area (Å²) in [7, 11) is 3.21. The molecule has 1 aliphatic rings. The topological polar surface area (TPSA) is 91.1 Å². The van der Waals surface area contributed by atoms with Gasteiger partial charge in [-0.1, -0.05) is 6.07 Å². The lowest BCUT2D eigenvalue weighted by Gasteiger charge is -2.32. The molecule has 0 bridgehead atoms. The Labute approximate surface area is 181 Å². The molecule has 0 spiro atoms. The third-order valence-electron chi connectivity index (χ3n) is 5.43.